The predicted octanol–water partition coefficient (Wildman–Crippen LogP) is 5.64. The first-order valence-electron chi connectivity index (χ1n) is 17.0. The average molecular weight is 760 g/mol. The number of rotatable bonds is 13. The van der Waals surface area contributed by atoms with Crippen LogP contribution in [0.4, 0.5) is 10.2 Å². The minimum atomic E-state index is -0.882. The number of halogens is 2. The van der Waals surface area contributed by atoms with E-state index in [0.29, 0.717) is 60.9 Å². The van der Waals surface area contributed by atoms with Gasteiger partial charge in [0, 0.05) is 54.7 Å². The number of amides is 3. The van der Waals surface area contributed by atoms with Crippen LogP contribution in [0.25, 0.3) is 22.0 Å². The fourth-order valence-electron chi connectivity index (χ4n) is 7.10. The molecule has 1 saturated heterocycles. The molecule has 3 atom stereocenters. The van der Waals surface area contributed by atoms with E-state index in [1.54, 1.807) is 41.9 Å². The summed E-state index contributed by atoms with van der Waals surface area (Å²) in [5.74, 6) is -0.899. The fourth-order valence-corrected chi connectivity index (χ4v) is 7.60. The zero-order chi connectivity index (χ0) is 36.6. The Morgan fingerprint density at radius 1 is 1.12 bits per heavy atom. The molecular weight excluding hydrogens is 719 g/mol. The molecule has 3 amide bonds. The van der Waals surface area contributed by atoms with E-state index in [-0.39, 0.29) is 46.3 Å². The molecule has 1 aliphatic carbocycles. The maximum atomic E-state index is 14.4. The van der Waals surface area contributed by atoms with Crippen LogP contribution in [0.2, 0.25) is 0 Å². The smallest absolute Gasteiger partial charge is 0.248 e. The quantitative estimate of drug-likeness (QED) is 0.0769. The number of nitrogens with one attached hydrogen (secondary N) is 2. The number of aromatic nitrogens is 5. The number of benzene rings is 1. The number of Topliss-reactive ketones (excluding diaryl/α,β-unsaturated/α-hetero) is 1. The van der Waals surface area contributed by atoms with Gasteiger partial charge in [0.1, 0.15) is 34.5 Å². The van der Waals surface area contributed by atoms with E-state index >= 15 is 0 Å². The summed E-state index contributed by atoms with van der Waals surface area (Å²) in [6, 6.07) is 4.12. The third-order valence-corrected chi connectivity index (χ3v) is 10.4. The number of hydrogen-bond acceptors (Lipinski definition) is 8. The molecule has 6 rings (SSSR count). The second kappa shape index (κ2) is 14.4. The van der Waals surface area contributed by atoms with Crippen molar-refractivity contribution in [3.05, 3.63) is 76.3 Å². The van der Waals surface area contributed by atoms with Crippen LogP contribution in [0.5, 0.6) is 0 Å². The van der Waals surface area contributed by atoms with Gasteiger partial charge in [-0.3, -0.25) is 23.9 Å². The van der Waals surface area contributed by atoms with Crippen LogP contribution in [0.3, 0.4) is 0 Å². The molecule has 0 unspecified atom stereocenters. The first-order valence-corrected chi connectivity index (χ1v) is 17.8. The molecule has 14 heteroatoms. The van der Waals surface area contributed by atoms with E-state index in [2.05, 4.69) is 53.2 Å². The number of pyridine rings is 1. The van der Waals surface area contributed by atoms with Crippen molar-refractivity contribution in [1.82, 2.24) is 34.9 Å². The van der Waals surface area contributed by atoms with Gasteiger partial charge < -0.3 is 15.5 Å². The number of carbonyl (C=O) groups is 4. The maximum Gasteiger partial charge on any atom is 0.248 e. The average Bonchev–Trinajstić information content (AvgIpc) is 3.51. The van der Waals surface area contributed by atoms with E-state index in [1.807, 2.05) is 19.1 Å². The van der Waals surface area contributed by atoms with Crippen molar-refractivity contribution < 1.29 is 23.6 Å². The first-order chi connectivity index (χ1) is 24.3. The molecule has 2 fully saturated rings. The number of aryl methyl sites for hydroxylation is 3. The predicted molar refractivity (Wildman–Crippen MR) is 193 cm³/mol. The number of likely N-dealkylation sites (tertiary alicyclic amines) is 1. The van der Waals surface area contributed by atoms with Crippen LogP contribution < -0.4 is 10.6 Å². The van der Waals surface area contributed by atoms with Crippen LogP contribution in [-0.4, -0.2) is 71.8 Å². The number of hydrogen-bond donors (Lipinski definition) is 2. The van der Waals surface area contributed by atoms with Gasteiger partial charge in [0.15, 0.2) is 11.6 Å². The molecule has 1 aromatic carbocycles. The highest BCUT2D eigenvalue weighted by atomic mass is 79.9. The molecule has 0 spiro atoms. The third-order valence-electron chi connectivity index (χ3n) is 9.85. The number of piperidine rings is 1. The Hall–Kier alpha value is -4.85. The van der Waals surface area contributed by atoms with Crippen molar-refractivity contribution in [3.63, 3.8) is 0 Å². The van der Waals surface area contributed by atoms with Crippen LogP contribution in [0.1, 0.15) is 73.4 Å². The van der Waals surface area contributed by atoms with Gasteiger partial charge in [-0.15, -0.1) is 6.58 Å². The van der Waals surface area contributed by atoms with Crippen molar-refractivity contribution in [2.45, 2.75) is 84.8 Å². The second-order valence-corrected chi connectivity index (χ2v) is 14.2. The van der Waals surface area contributed by atoms with Crippen molar-refractivity contribution in [1.29, 1.82) is 0 Å². The summed E-state index contributed by atoms with van der Waals surface area (Å²) in [6.45, 7) is 10.6. The van der Waals surface area contributed by atoms with Gasteiger partial charge in [-0.1, -0.05) is 13.0 Å². The van der Waals surface area contributed by atoms with E-state index in [9.17, 15) is 23.6 Å². The molecule has 51 heavy (non-hydrogen) atoms. The highest BCUT2D eigenvalue weighted by molar-refractivity contribution is 9.10. The maximum absolute atomic E-state index is 14.4. The van der Waals surface area contributed by atoms with Gasteiger partial charge in [-0.05, 0) is 96.8 Å². The van der Waals surface area contributed by atoms with Gasteiger partial charge in [-0.25, -0.2) is 19.3 Å². The lowest BCUT2D eigenvalue weighted by Gasteiger charge is -2.27. The zero-order valence-corrected chi connectivity index (χ0v) is 30.6. The van der Waals surface area contributed by atoms with Crippen LogP contribution in [0.15, 0.2) is 47.9 Å². The Labute approximate surface area is 303 Å². The van der Waals surface area contributed by atoms with E-state index in [0.717, 1.165) is 23.1 Å². The minimum Gasteiger partial charge on any atom is -0.355 e. The Morgan fingerprint density at radius 3 is 2.53 bits per heavy atom. The molecule has 1 saturated carbocycles. The Morgan fingerprint density at radius 2 is 1.86 bits per heavy atom. The highest BCUT2D eigenvalue weighted by Crippen LogP contribution is 2.59. The van der Waals surface area contributed by atoms with Gasteiger partial charge >= 0.3 is 0 Å². The van der Waals surface area contributed by atoms with E-state index < -0.39 is 23.2 Å². The number of carbonyl (C=O) groups excluding carboxylic acids is 4. The number of unbranched alkanes of at least 4 members (excludes halogenated alkanes) is 1. The lowest BCUT2D eigenvalue weighted by molar-refractivity contribution is -0.138. The Kier molecular flexibility index (Phi) is 10.2. The van der Waals surface area contributed by atoms with Crippen LogP contribution >= 0.6 is 15.9 Å². The molecule has 3 aromatic heterocycles. The van der Waals surface area contributed by atoms with Crippen molar-refractivity contribution in [3.8, 4) is 11.1 Å². The lowest BCUT2D eigenvalue weighted by atomic mass is 9.98. The molecule has 4 aromatic rings. The van der Waals surface area contributed by atoms with Crippen molar-refractivity contribution in [2.75, 3.05) is 11.9 Å². The number of anilines is 1. The molecule has 266 valence electrons. The summed E-state index contributed by atoms with van der Waals surface area (Å²) in [4.78, 5) is 68.1. The molecule has 4 heterocycles. The Balaban J connectivity index is 1.31. The second-order valence-electron chi connectivity index (χ2n) is 13.4. The van der Waals surface area contributed by atoms with Gasteiger partial charge in [-0.2, -0.15) is 5.10 Å². The molecule has 2 aliphatic rings. The molecule has 2 N–H and O–H groups in total. The molecular formula is C37H40BrFN8O4. The monoisotopic (exact) mass is 758 g/mol. The SMILES string of the molecule is C=CCCCC(=O)NC[C@@]12C[C@@H](C(=O)Nc3cc(C)c(F)c(Br)n3)N(C(=O)Cn3nc(C(C)=O)c4cc(-c5cnc(C)nc5)cc(CC)c43)[C@@H]1C2. The summed E-state index contributed by atoms with van der Waals surface area (Å²) in [6.07, 6.45) is 8.54. The van der Waals surface area contributed by atoms with E-state index in [1.165, 1.54) is 13.0 Å². The van der Waals surface area contributed by atoms with Gasteiger partial charge in [0.25, 0.3) is 0 Å². The standard InChI is InChI=1S/C37H40BrFN8O4/c1-6-8-9-10-30(49)42-19-37-14-27(36(51)44-29-11-20(3)32(39)35(38)43-29)47(28(37)15-37)31(50)18-46-34-23(7-2)12-24(25-16-40-22(5)41-17-25)13-26(34)33(45-46)21(4)48/h6,11-13,16-17,27-28H,1,7-10,14-15,18-19H2,2-5H3,(H,42,49)(H,43,44,51)/t27-,28+,37-/m0/s1. The van der Waals surface area contributed by atoms with Crippen LogP contribution in [-0.2, 0) is 27.3 Å². The number of ketones is 1. The summed E-state index contributed by atoms with van der Waals surface area (Å²) < 4.78 is 15.8. The van der Waals surface area contributed by atoms with Crippen molar-refractivity contribution in [2.24, 2.45) is 5.41 Å². The summed E-state index contributed by atoms with van der Waals surface area (Å²) in [5, 5.41) is 11.1. The highest BCUT2D eigenvalue weighted by Gasteiger charge is 2.67. The van der Waals surface area contributed by atoms with Gasteiger partial charge in [0.05, 0.1) is 5.52 Å². The molecule has 0 bridgehead atoms. The number of nitrogens with zero attached hydrogens (tertiary/aromatic N) is 6. The number of allylic oxidation sites excluding steroid dienone is 1. The largest absolute Gasteiger partial charge is 0.355 e. The summed E-state index contributed by atoms with van der Waals surface area (Å²) in [5.41, 5.74) is 3.22. The first kappa shape index (κ1) is 36.0. The van der Waals surface area contributed by atoms with Gasteiger partial charge in [0.2, 0.25) is 17.7 Å². The normalized spacial score (nSPS) is 19.1. The third kappa shape index (κ3) is 7.19. The summed E-state index contributed by atoms with van der Waals surface area (Å²) in [7, 11) is 0. The lowest BCUT2D eigenvalue weighted by Crippen LogP contribution is -2.46. The van der Waals surface area contributed by atoms with Crippen LogP contribution in [0, 0.1) is 25.1 Å². The molecule has 0 radical (unpaired) electrons. The molecule has 1 aliphatic heterocycles. The number of fused-ring (bicyclic) bond motifs is 2. The van der Waals surface area contributed by atoms with Crippen molar-refractivity contribution >= 4 is 56.2 Å². The van der Waals surface area contributed by atoms with E-state index in [4.69, 9.17) is 0 Å². The minimum absolute atomic E-state index is 0.0349. The Bertz CT molecular complexity index is 2040. The topological polar surface area (TPSA) is 152 Å². The summed E-state index contributed by atoms with van der Waals surface area (Å²) >= 11 is 3.10. The zero-order valence-electron chi connectivity index (χ0n) is 29.1. The molecule has 12 nitrogen and oxygen atoms in total. The fraction of sp³-hybridized carbons (Fsp3) is 0.405.